The first-order chi connectivity index (χ1) is 14.6. The van der Waals surface area contributed by atoms with Crippen molar-refractivity contribution < 1.29 is 23.5 Å². The highest BCUT2D eigenvalue weighted by atomic mass is 32.2. The number of amides is 1. The molecule has 1 saturated carbocycles. The van der Waals surface area contributed by atoms with Gasteiger partial charge in [-0.05, 0) is 56.2 Å². The summed E-state index contributed by atoms with van der Waals surface area (Å²) in [6.45, 7) is 1.50. The van der Waals surface area contributed by atoms with Crippen LogP contribution in [0.25, 0.3) is 10.9 Å². The summed E-state index contributed by atoms with van der Waals surface area (Å²) in [5.74, 6) is 10.7. The van der Waals surface area contributed by atoms with Crippen molar-refractivity contribution in [2.24, 2.45) is 5.41 Å². The molecule has 0 bridgehead atoms. The molecule has 1 aliphatic carbocycles. The van der Waals surface area contributed by atoms with Gasteiger partial charge in [-0.3, -0.25) is 14.7 Å². The van der Waals surface area contributed by atoms with E-state index >= 15 is 0 Å². The number of nitrogens with zero attached hydrogens (tertiary/aromatic N) is 2. The van der Waals surface area contributed by atoms with Crippen molar-refractivity contribution in [3.63, 3.8) is 0 Å². The van der Waals surface area contributed by atoms with E-state index in [0.717, 1.165) is 36.5 Å². The lowest BCUT2D eigenvalue weighted by molar-refractivity contribution is -0.131. The molecule has 1 atom stereocenters. The first-order valence-corrected chi connectivity index (χ1v) is 11.8. The van der Waals surface area contributed by atoms with Crippen LogP contribution in [-0.2, 0) is 21.2 Å². The van der Waals surface area contributed by atoms with Gasteiger partial charge >= 0.3 is 0 Å². The normalized spacial score (nSPS) is 16.8. The van der Waals surface area contributed by atoms with Crippen molar-refractivity contribution in [2.45, 2.75) is 43.9 Å². The maximum absolute atomic E-state index is 12.1. The van der Waals surface area contributed by atoms with Crippen LogP contribution in [-0.4, -0.2) is 52.0 Å². The molecule has 1 unspecified atom stereocenters. The maximum atomic E-state index is 12.1. The lowest BCUT2D eigenvalue weighted by Crippen LogP contribution is -2.49. The highest BCUT2D eigenvalue weighted by Crippen LogP contribution is 2.39. The third-order valence-electron chi connectivity index (χ3n) is 5.98. The van der Waals surface area contributed by atoms with Crippen LogP contribution in [0.1, 0.15) is 38.2 Å². The van der Waals surface area contributed by atoms with E-state index in [1.165, 1.54) is 12.4 Å². The van der Waals surface area contributed by atoms with Gasteiger partial charge < -0.3 is 5.11 Å². The van der Waals surface area contributed by atoms with Crippen LogP contribution in [0.15, 0.2) is 24.4 Å². The second-order valence-electron chi connectivity index (χ2n) is 8.15. The molecule has 31 heavy (non-hydrogen) atoms. The predicted molar refractivity (Wildman–Crippen MR) is 116 cm³/mol. The van der Waals surface area contributed by atoms with E-state index in [4.69, 9.17) is 5.21 Å². The first kappa shape index (κ1) is 22.8. The molecule has 2 aromatic rings. The molecule has 1 fully saturated rings. The summed E-state index contributed by atoms with van der Waals surface area (Å²) in [6.07, 6.45) is 5.55. The van der Waals surface area contributed by atoms with Crippen molar-refractivity contribution in [2.75, 3.05) is 12.9 Å². The molecule has 8 nitrogen and oxygen atoms in total. The minimum atomic E-state index is -3.77. The fourth-order valence-electron chi connectivity index (χ4n) is 3.38. The Bertz CT molecular complexity index is 1220. The van der Waals surface area contributed by atoms with Crippen molar-refractivity contribution in [1.29, 1.82) is 0 Å². The van der Waals surface area contributed by atoms with Crippen LogP contribution in [0.3, 0.4) is 0 Å². The van der Waals surface area contributed by atoms with E-state index in [0.29, 0.717) is 5.52 Å². The Labute approximate surface area is 181 Å². The zero-order valence-corrected chi connectivity index (χ0v) is 18.3. The van der Waals surface area contributed by atoms with Crippen LogP contribution in [0.2, 0.25) is 0 Å². The van der Waals surface area contributed by atoms with E-state index in [9.17, 15) is 18.3 Å². The third-order valence-corrected chi connectivity index (χ3v) is 8.01. The quantitative estimate of drug-likeness (QED) is 0.351. The number of aryl methyl sites for hydroxylation is 1. The van der Waals surface area contributed by atoms with Crippen molar-refractivity contribution in [1.82, 2.24) is 15.3 Å². The Morgan fingerprint density at radius 2 is 2.10 bits per heavy atom. The summed E-state index contributed by atoms with van der Waals surface area (Å²) in [7, 11) is -3.77. The number of hydrogen-bond acceptors (Lipinski definition) is 6. The molecule has 0 radical (unpaired) electrons. The van der Waals surface area contributed by atoms with Crippen LogP contribution >= 0.6 is 0 Å². The summed E-state index contributed by atoms with van der Waals surface area (Å²) in [4.78, 5) is 11.9. The lowest BCUT2D eigenvalue weighted by atomic mass is 9.70. The number of hydroxylamine groups is 1. The first-order valence-electron chi connectivity index (χ1n) is 9.88. The van der Waals surface area contributed by atoms with Gasteiger partial charge in [-0.15, -0.1) is 0 Å². The number of benzene rings is 1. The topological polar surface area (TPSA) is 122 Å². The lowest BCUT2D eigenvalue weighted by Gasteiger charge is -2.34. The average molecular weight is 444 g/mol. The fourth-order valence-corrected chi connectivity index (χ4v) is 4.22. The van der Waals surface area contributed by atoms with Crippen LogP contribution in [0, 0.1) is 29.1 Å². The zero-order chi connectivity index (χ0) is 22.7. The monoisotopic (exact) mass is 443 g/mol. The number of rotatable bonds is 6. The Balaban J connectivity index is 1.75. The van der Waals surface area contributed by atoms with E-state index in [-0.39, 0.29) is 25.0 Å². The summed E-state index contributed by atoms with van der Waals surface area (Å²) in [5, 5.41) is 23.6. The van der Waals surface area contributed by atoms with Gasteiger partial charge in [0, 0.05) is 29.9 Å². The minimum Gasteiger partial charge on any atom is -0.395 e. The third kappa shape index (κ3) is 4.75. The van der Waals surface area contributed by atoms with Crippen LogP contribution < -0.4 is 5.48 Å². The molecule has 1 aromatic heterocycles. The number of carbonyl (C=O) groups is 1. The fraction of sp³-hybridized carbons (Fsp3) is 0.455. The molecule has 164 valence electrons. The molecule has 1 amide bonds. The minimum absolute atomic E-state index is 0.0545. The van der Waals surface area contributed by atoms with Gasteiger partial charge in [-0.2, -0.15) is 5.10 Å². The number of carbonyl (C=O) groups excluding carboxylic acids is 1. The van der Waals surface area contributed by atoms with Crippen LogP contribution in [0.5, 0.6) is 0 Å². The molecule has 9 heteroatoms. The largest absolute Gasteiger partial charge is 0.395 e. The van der Waals surface area contributed by atoms with Crippen molar-refractivity contribution in [3.05, 3.63) is 30.0 Å². The number of nitrogens with one attached hydrogen (secondary N) is 1. The Morgan fingerprint density at radius 3 is 2.68 bits per heavy atom. The average Bonchev–Trinajstić information content (AvgIpc) is 3.11. The Hall–Kier alpha value is -2.85. The van der Waals surface area contributed by atoms with Crippen LogP contribution in [0.4, 0.5) is 0 Å². The molecular formula is C22H25N3O5S. The van der Waals surface area contributed by atoms with Gasteiger partial charge in [0.05, 0.1) is 17.5 Å². The summed E-state index contributed by atoms with van der Waals surface area (Å²) in [6, 6.07) is 5.48. The SMILES string of the molecule is CC(CCn1cc2cc(C#CC#CC3(CO)CCC3)ccc2n1)(C(=O)NO)S(C)(=O)=O. The maximum Gasteiger partial charge on any atom is 0.264 e. The number of sulfone groups is 1. The molecular weight excluding hydrogens is 418 g/mol. The van der Waals surface area contributed by atoms with Gasteiger partial charge in [0.1, 0.15) is 0 Å². The van der Waals surface area contributed by atoms with E-state index in [1.807, 2.05) is 12.1 Å². The molecule has 0 saturated heterocycles. The van der Waals surface area contributed by atoms with E-state index in [1.54, 1.807) is 16.9 Å². The highest BCUT2D eigenvalue weighted by molar-refractivity contribution is 7.92. The zero-order valence-electron chi connectivity index (χ0n) is 17.5. The second kappa shape index (κ2) is 8.72. The summed E-state index contributed by atoms with van der Waals surface area (Å²) in [5.41, 5.74) is 2.62. The van der Waals surface area contributed by atoms with Gasteiger partial charge in [-0.25, -0.2) is 13.9 Å². The molecule has 1 heterocycles. The number of fused-ring (bicyclic) bond motifs is 1. The molecule has 3 rings (SSSR count). The molecule has 1 aliphatic rings. The summed E-state index contributed by atoms with van der Waals surface area (Å²) < 4.78 is 23.9. The number of aliphatic hydroxyl groups excluding tert-OH is 1. The molecule has 3 N–H and O–H groups in total. The standard InChI is InChI=1S/C22H25N3O5S/c1-21(20(27)24-28,31(2,29)30)12-13-25-15-18-14-17(7-8-19(18)23-25)6-3-4-9-22(16-26)10-5-11-22/h7-8,14-15,26,28H,5,10-13,16H2,1-2H3,(H,24,27). The van der Waals surface area contributed by atoms with Gasteiger partial charge in [0.25, 0.3) is 5.91 Å². The number of aliphatic hydroxyl groups is 1. The van der Waals surface area contributed by atoms with Gasteiger partial charge in [-0.1, -0.05) is 18.3 Å². The van der Waals surface area contributed by atoms with Gasteiger partial charge in [0.15, 0.2) is 14.6 Å². The smallest absolute Gasteiger partial charge is 0.264 e. The van der Waals surface area contributed by atoms with Crippen molar-refractivity contribution >= 4 is 26.6 Å². The van der Waals surface area contributed by atoms with Gasteiger partial charge in [0.2, 0.25) is 0 Å². The summed E-state index contributed by atoms with van der Waals surface area (Å²) >= 11 is 0. The van der Waals surface area contributed by atoms with Crippen molar-refractivity contribution in [3.8, 4) is 23.7 Å². The Kier molecular flexibility index (Phi) is 6.42. The molecule has 0 aliphatic heterocycles. The Morgan fingerprint density at radius 1 is 1.35 bits per heavy atom. The number of aromatic nitrogens is 2. The number of hydrogen-bond donors (Lipinski definition) is 3. The van der Waals surface area contributed by atoms with E-state index < -0.39 is 20.5 Å². The van der Waals surface area contributed by atoms with E-state index in [2.05, 4.69) is 28.8 Å². The molecule has 0 spiro atoms. The second-order valence-corrected chi connectivity index (χ2v) is 10.6. The highest BCUT2D eigenvalue weighted by Gasteiger charge is 2.43. The predicted octanol–water partition coefficient (Wildman–Crippen LogP) is 1.25. The molecule has 1 aromatic carbocycles.